The Hall–Kier alpha value is -1.82. The Balaban J connectivity index is 1.57. The fourth-order valence-corrected chi connectivity index (χ4v) is 3.79. The maximum atomic E-state index is 12.4. The molecule has 1 amide bonds. The van der Waals surface area contributed by atoms with Gasteiger partial charge in [-0.25, -0.2) is 4.98 Å². The number of aromatic nitrogens is 2. The second-order valence-electron chi connectivity index (χ2n) is 5.49. The largest absolute Gasteiger partial charge is 0.397 e. The number of hydrogen-bond acceptors (Lipinski definition) is 4. The zero-order valence-electron chi connectivity index (χ0n) is 11.1. The van der Waals surface area contributed by atoms with E-state index in [-0.39, 0.29) is 5.91 Å². The Morgan fingerprint density at radius 1 is 1.45 bits per heavy atom. The third-order valence-corrected chi connectivity index (χ3v) is 4.93. The predicted octanol–water partition coefficient (Wildman–Crippen LogP) is 2.60. The predicted molar refractivity (Wildman–Crippen MR) is 79.2 cm³/mol. The first kappa shape index (κ1) is 12.0. The number of nitrogens with two attached hydrogens (primary N) is 1. The van der Waals surface area contributed by atoms with Crippen molar-refractivity contribution in [2.24, 2.45) is 0 Å². The van der Waals surface area contributed by atoms with E-state index in [4.69, 9.17) is 5.73 Å². The average Bonchev–Trinajstić information content (AvgIpc) is 2.85. The molecule has 0 unspecified atom stereocenters. The monoisotopic (exact) mass is 288 g/mol. The molecule has 3 N–H and O–H groups in total. The SMILES string of the molecule is Nc1cc(C(=O)Nc2nc3c(s2)CCC3)n(C2CC2)c1. The first-order chi connectivity index (χ1) is 9.70. The highest BCUT2D eigenvalue weighted by Gasteiger charge is 2.28. The fourth-order valence-electron chi connectivity index (χ4n) is 2.74. The van der Waals surface area contributed by atoms with Crippen molar-refractivity contribution in [3.05, 3.63) is 28.5 Å². The fraction of sp³-hybridized carbons (Fsp3) is 0.429. The maximum Gasteiger partial charge on any atom is 0.274 e. The van der Waals surface area contributed by atoms with Crippen molar-refractivity contribution < 1.29 is 4.79 Å². The summed E-state index contributed by atoms with van der Waals surface area (Å²) in [6.07, 6.45) is 7.42. The molecule has 2 aliphatic rings. The van der Waals surface area contributed by atoms with Gasteiger partial charge >= 0.3 is 0 Å². The summed E-state index contributed by atoms with van der Waals surface area (Å²) < 4.78 is 1.99. The summed E-state index contributed by atoms with van der Waals surface area (Å²) in [5, 5.41) is 3.63. The molecular formula is C14H16N4OS. The molecule has 0 bridgehead atoms. The van der Waals surface area contributed by atoms with Crippen molar-refractivity contribution in [2.45, 2.75) is 38.1 Å². The average molecular weight is 288 g/mol. The highest BCUT2D eigenvalue weighted by molar-refractivity contribution is 7.15. The van der Waals surface area contributed by atoms with E-state index in [1.54, 1.807) is 17.4 Å². The lowest BCUT2D eigenvalue weighted by molar-refractivity contribution is 0.101. The molecule has 0 radical (unpaired) electrons. The van der Waals surface area contributed by atoms with Gasteiger partial charge < -0.3 is 10.3 Å². The third-order valence-electron chi connectivity index (χ3n) is 3.86. The number of hydrogen-bond donors (Lipinski definition) is 2. The smallest absolute Gasteiger partial charge is 0.274 e. The van der Waals surface area contributed by atoms with Crippen molar-refractivity contribution in [3.63, 3.8) is 0 Å². The van der Waals surface area contributed by atoms with Crippen LogP contribution in [0.4, 0.5) is 10.8 Å². The van der Waals surface area contributed by atoms with Gasteiger partial charge in [-0.2, -0.15) is 0 Å². The van der Waals surface area contributed by atoms with Crippen LogP contribution in [0, 0.1) is 0 Å². The van der Waals surface area contributed by atoms with Crippen molar-refractivity contribution in [1.82, 2.24) is 9.55 Å². The van der Waals surface area contributed by atoms with Crippen LogP contribution >= 0.6 is 11.3 Å². The summed E-state index contributed by atoms with van der Waals surface area (Å²) in [5.74, 6) is -0.110. The Morgan fingerprint density at radius 3 is 3.05 bits per heavy atom. The summed E-state index contributed by atoms with van der Waals surface area (Å²) in [7, 11) is 0. The van der Waals surface area contributed by atoms with Gasteiger partial charge in [0, 0.05) is 17.1 Å². The van der Waals surface area contributed by atoms with Crippen LogP contribution in [-0.2, 0) is 12.8 Å². The van der Waals surface area contributed by atoms with Gasteiger partial charge in [0.25, 0.3) is 5.91 Å². The highest BCUT2D eigenvalue weighted by Crippen LogP contribution is 2.37. The summed E-state index contributed by atoms with van der Waals surface area (Å²) in [4.78, 5) is 18.2. The molecule has 1 saturated carbocycles. The zero-order chi connectivity index (χ0) is 13.7. The maximum absolute atomic E-state index is 12.4. The van der Waals surface area contributed by atoms with E-state index in [0.29, 0.717) is 22.6 Å². The second-order valence-corrected chi connectivity index (χ2v) is 6.58. The van der Waals surface area contributed by atoms with Gasteiger partial charge in [0.2, 0.25) is 0 Å². The Morgan fingerprint density at radius 2 is 2.30 bits per heavy atom. The number of anilines is 2. The molecule has 0 aromatic carbocycles. The van der Waals surface area contributed by atoms with E-state index in [1.807, 2.05) is 10.8 Å². The molecule has 104 valence electrons. The van der Waals surface area contributed by atoms with Gasteiger partial charge in [0.05, 0.1) is 11.4 Å². The number of aryl methyl sites for hydroxylation is 2. The van der Waals surface area contributed by atoms with Crippen LogP contribution in [0.15, 0.2) is 12.3 Å². The van der Waals surface area contributed by atoms with Crippen LogP contribution in [-0.4, -0.2) is 15.5 Å². The van der Waals surface area contributed by atoms with Crippen molar-refractivity contribution in [3.8, 4) is 0 Å². The minimum absolute atomic E-state index is 0.110. The molecule has 0 atom stereocenters. The zero-order valence-corrected chi connectivity index (χ0v) is 11.9. The second kappa shape index (κ2) is 4.34. The summed E-state index contributed by atoms with van der Waals surface area (Å²) in [6, 6.07) is 2.18. The van der Waals surface area contributed by atoms with E-state index in [9.17, 15) is 4.79 Å². The lowest BCUT2D eigenvalue weighted by Crippen LogP contribution is -2.16. The quantitative estimate of drug-likeness (QED) is 0.911. The van der Waals surface area contributed by atoms with Gasteiger partial charge in [-0.1, -0.05) is 0 Å². The molecule has 1 fully saturated rings. The minimum atomic E-state index is -0.110. The number of nitrogen functional groups attached to an aromatic ring is 1. The van der Waals surface area contributed by atoms with Crippen LogP contribution in [0.5, 0.6) is 0 Å². The molecule has 2 aromatic heterocycles. The summed E-state index contributed by atoms with van der Waals surface area (Å²) >= 11 is 1.60. The normalized spacial score (nSPS) is 17.2. The van der Waals surface area contributed by atoms with Crippen LogP contribution in [0.2, 0.25) is 0 Å². The first-order valence-electron chi connectivity index (χ1n) is 6.98. The molecule has 0 aliphatic heterocycles. The molecule has 20 heavy (non-hydrogen) atoms. The molecule has 2 aliphatic carbocycles. The van der Waals surface area contributed by atoms with Gasteiger partial charge in [-0.05, 0) is 38.2 Å². The van der Waals surface area contributed by atoms with Crippen molar-refractivity contribution >= 4 is 28.1 Å². The van der Waals surface area contributed by atoms with Crippen LogP contribution < -0.4 is 11.1 Å². The Bertz CT molecular complexity index is 662. The van der Waals surface area contributed by atoms with Gasteiger partial charge in [0.15, 0.2) is 5.13 Å². The van der Waals surface area contributed by atoms with Crippen LogP contribution in [0.1, 0.15) is 46.4 Å². The van der Waals surface area contributed by atoms with Gasteiger partial charge in [0.1, 0.15) is 5.69 Å². The van der Waals surface area contributed by atoms with E-state index in [1.165, 1.54) is 11.3 Å². The van der Waals surface area contributed by atoms with E-state index in [0.717, 1.165) is 31.4 Å². The van der Waals surface area contributed by atoms with E-state index < -0.39 is 0 Å². The number of carbonyl (C=O) groups is 1. The molecule has 5 nitrogen and oxygen atoms in total. The van der Waals surface area contributed by atoms with Gasteiger partial charge in [-0.15, -0.1) is 11.3 Å². The lowest BCUT2D eigenvalue weighted by Gasteiger charge is -2.06. The molecule has 4 rings (SSSR count). The topological polar surface area (TPSA) is 72.9 Å². The molecule has 2 heterocycles. The molecule has 0 saturated heterocycles. The molecule has 0 spiro atoms. The van der Waals surface area contributed by atoms with Gasteiger partial charge in [-0.3, -0.25) is 10.1 Å². The number of fused-ring (bicyclic) bond motifs is 1. The van der Waals surface area contributed by atoms with E-state index >= 15 is 0 Å². The summed E-state index contributed by atoms with van der Waals surface area (Å²) in [6.45, 7) is 0. The lowest BCUT2D eigenvalue weighted by atomic mass is 10.4. The summed E-state index contributed by atoms with van der Waals surface area (Å²) in [5.41, 5.74) is 8.26. The number of amides is 1. The Kier molecular flexibility index (Phi) is 2.60. The third kappa shape index (κ3) is 2.00. The van der Waals surface area contributed by atoms with Crippen LogP contribution in [0.25, 0.3) is 0 Å². The molecule has 6 heteroatoms. The first-order valence-corrected chi connectivity index (χ1v) is 7.79. The van der Waals surface area contributed by atoms with Crippen molar-refractivity contribution in [1.29, 1.82) is 0 Å². The van der Waals surface area contributed by atoms with E-state index in [2.05, 4.69) is 10.3 Å². The Labute approximate surface area is 120 Å². The van der Waals surface area contributed by atoms with Crippen LogP contribution in [0.3, 0.4) is 0 Å². The molecular weight excluding hydrogens is 272 g/mol. The molecule has 2 aromatic rings. The standard InChI is InChI=1S/C14H16N4OS/c15-8-6-11(18(7-8)9-4-5-9)13(19)17-14-16-10-2-1-3-12(10)20-14/h6-7,9H,1-5,15H2,(H,16,17,19). The van der Waals surface area contributed by atoms with Crippen molar-refractivity contribution in [2.75, 3.05) is 11.1 Å². The number of nitrogens with one attached hydrogen (secondary N) is 1. The number of rotatable bonds is 3. The number of thiazole rings is 1. The highest BCUT2D eigenvalue weighted by atomic mass is 32.1. The number of nitrogens with zero attached hydrogens (tertiary/aromatic N) is 2. The number of carbonyl (C=O) groups excluding carboxylic acids is 1. The minimum Gasteiger partial charge on any atom is -0.397 e.